The van der Waals surface area contributed by atoms with E-state index < -0.39 is 29.9 Å². The lowest BCUT2D eigenvalue weighted by Crippen LogP contribution is -2.45. The molecule has 1 fully saturated rings. The van der Waals surface area contributed by atoms with Crippen LogP contribution in [0.3, 0.4) is 0 Å². The van der Waals surface area contributed by atoms with Gasteiger partial charge in [-0.05, 0) is 29.3 Å². The number of halogens is 2. The molecule has 1 aliphatic heterocycles. The van der Waals surface area contributed by atoms with Gasteiger partial charge < -0.3 is 10.6 Å². The molecule has 0 unspecified atom stereocenters. The van der Waals surface area contributed by atoms with Gasteiger partial charge in [0.25, 0.3) is 5.91 Å². The maximum atomic E-state index is 13.5. The highest BCUT2D eigenvalue weighted by molar-refractivity contribution is 6.42. The van der Waals surface area contributed by atoms with Crippen LogP contribution in [0.5, 0.6) is 0 Å². The maximum Gasteiger partial charge on any atom is 0.326 e. The smallest absolute Gasteiger partial charge is 0.324 e. The van der Waals surface area contributed by atoms with Gasteiger partial charge in [0.2, 0.25) is 5.91 Å². The maximum absolute atomic E-state index is 13.5. The highest BCUT2D eigenvalue weighted by Crippen LogP contribution is 2.36. The first-order chi connectivity index (χ1) is 14.9. The first kappa shape index (κ1) is 20.9. The van der Waals surface area contributed by atoms with Gasteiger partial charge >= 0.3 is 6.03 Å². The molecule has 4 amide bonds. The normalized spacial score (nSPS) is 15.0. The lowest BCUT2D eigenvalue weighted by molar-refractivity contribution is -0.133. The van der Waals surface area contributed by atoms with Gasteiger partial charge in [-0.25, -0.2) is 4.79 Å². The van der Waals surface area contributed by atoms with Crippen LogP contribution in [0.2, 0.25) is 10.0 Å². The average Bonchev–Trinajstić information content (AvgIpc) is 3.03. The van der Waals surface area contributed by atoms with Crippen molar-refractivity contribution in [3.63, 3.8) is 0 Å². The van der Waals surface area contributed by atoms with Crippen molar-refractivity contribution in [3.8, 4) is 0 Å². The van der Waals surface area contributed by atoms with E-state index in [1.54, 1.807) is 60.7 Å². The fourth-order valence-corrected chi connectivity index (χ4v) is 3.87. The molecule has 8 heteroatoms. The van der Waals surface area contributed by atoms with Crippen molar-refractivity contribution in [2.75, 3.05) is 11.9 Å². The number of nitrogens with zero attached hydrogens (tertiary/aromatic N) is 1. The summed E-state index contributed by atoms with van der Waals surface area (Å²) < 4.78 is 0. The topological polar surface area (TPSA) is 78.5 Å². The molecule has 1 saturated heterocycles. The van der Waals surface area contributed by atoms with Crippen molar-refractivity contribution in [1.29, 1.82) is 0 Å². The van der Waals surface area contributed by atoms with Gasteiger partial charge in [-0.1, -0.05) is 83.9 Å². The molecular weight excluding hydrogens is 437 g/mol. The lowest BCUT2D eigenvalue weighted by Gasteiger charge is -2.28. The quantitative estimate of drug-likeness (QED) is 0.560. The van der Waals surface area contributed by atoms with Crippen LogP contribution in [0.15, 0.2) is 78.9 Å². The average molecular weight is 454 g/mol. The summed E-state index contributed by atoms with van der Waals surface area (Å²) in [6, 6.07) is 21.9. The fourth-order valence-electron chi connectivity index (χ4n) is 3.57. The molecular formula is C23H17Cl2N3O3. The van der Waals surface area contributed by atoms with E-state index in [1.807, 2.05) is 12.1 Å². The second-order valence-electron chi connectivity index (χ2n) is 6.98. The molecule has 0 atom stereocenters. The van der Waals surface area contributed by atoms with Gasteiger partial charge in [0, 0.05) is 5.69 Å². The molecule has 0 radical (unpaired) electrons. The number of urea groups is 1. The summed E-state index contributed by atoms with van der Waals surface area (Å²) >= 11 is 11.9. The molecule has 0 aliphatic carbocycles. The molecule has 1 aliphatic rings. The van der Waals surface area contributed by atoms with Crippen LogP contribution in [0.25, 0.3) is 0 Å². The predicted octanol–water partition coefficient (Wildman–Crippen LogP) is 4.43. The van der Waals surface area contributed by atoms with E-state index in [1.165, 1.54) is 6.07 Å². The summed E-state index contributed by atoms with van der Waals surface area (Å²) in [5, 5.41) is 6.06. The Kier molecular flexibility index (Phi) is 5.67. The van der Waals surface area contributed by atoms with Crippen LogP contribution in [-0.4, -0.2) is 29.3 Å². The minimum absolute atomic E-state index is 0.279. The third-order valence-electron chi connectivity index (χ3n) is 5.02. The number of benzene rings is 3. The summed E-state index contributed by atoms with van der Waals surface area (Å²) in [7, 11) is 0. The van der Waals surface area contributed by atoms with Crippen molar-refractivity contribution in [2.24, 2.45) is 0 Å². The van der Waals surface area contributed by atoms with Crippen molar-refractivity contribution in [1.82, 2.24) is 10.2 Å². The zero-order valence-corrected chi connectivity index (χ0v) is 17.7. The molecule has 156 valence electrons. The monoisotopic (exact) mass is 453 g/mol. The van der Waals surface area contributed by atoms with Gasteiger partial charge in [-0.2, -0.15) is 0 Å². The lowest BCUT2D eigenvalue weighted by atomic mass is 9.82. The molecule has 31 heavy (non-hydrogen) atoms. The Morgan fingerprint density at radius 2 is 1.45 bits per heavy atom. The molecule has 0 saturated carbocycles. The van der Waals surface area contributed by atoms with Gasteiger partial charge in [-0.15, -0.1) is 0 Å². The molecule has 0 aromatic heterocycles. The SMILES string of the molecule is O=C(CN1C(=O)NC(c2ccccc2)(c2ccccc2)C1=O)Nc1ccc(Cl)c(Cl)c1. The first-order valence-corrected chi connectivity index (χ1v) is 10.2. The number of anilines is 1. The molecule has 6 nitrogen and oxygen atoms in total. The van der Waals surface area contributed by atoms with Crippen LogP contribution in [0, 0.1) is 0 Å². The summed E-state index contributed by atoms with van der Waals surface area (Å²) in [5.74, 6) is -1.07. The standard InChI is InChI=1S/C23H17Cl2N3O3/c24-18-12-11-17(13-19(18)25)26-20(29)14-28-21(30)23(27-22(28)31,15-7-3-1-4-8-15)16-9-5-2-6-10-16/h1-13H,14H2,(H,26,29)(H,27,31). The highest BCUT2D eigenvalue weighted by Gasteiger charge is 2.54. The fraction of sp³-hybridized carbons (Fsp3) is 0.0870. The van der Waals surface area contributed by atoms with Crippen molar-refractivity contribution in [2.45, 2.75) is 5.54 Å². The van der Waals surface area contributed by atoms with Crippen LogP contribution < -0.4 is 10.6 Å². The van der Waals surface area contributed by atoms with E-state index in [-0.39, 0.29) is 5.02 Å². The van der Waals surface area contributed by atoms with Crippen LogP contribution in [-0.2, 0) is 15.1 Å². The molecule has 2 N–H and O–H groups in total. The van der Waals surface area contributed by atoms with E-state index in [4.69, 9.17) is 23.2 Å². The second-order valence-corrected chi connectivity index (χ2v) is 7.79. The number of amides is 4. The van der Waals surface area contributed by atoms with Gasteiger partial charge in [0.15, 0.2) is 5.54 Å². The van der Waals surface area contributed by atoms with Gasteiger partial charge in [0.1, 0.15) is 6.54 Å². The van der Waals surface area contributed by atoms with E-state index in [0.29, 0.717) is 21.8 Å². The van der Waals surface area contributed by atoms with Crippen molar-refractivity contribution >= 4 is 46.7 Å². The summed E-state index contributed by atoms with van der Waals surface area (Å²) in [4.78, 5) is 39.8. The Bertz CT molecular complexity index is 1110. The summed E-state index contributed by atoms with van der Waals surface area (Å²) in [6.45, 7) is -0.452. The number of carbonyl (C=O) groups is 3. The zero-order chi connectivity index (χ0) is 22.0. The number of hydrogen-bond acceptors (Lipinski definition) is 3. The minimum atomic E-state index is -1.41. The van der Waals surface area contributed by atoms with Gasteiger partial charge in [-0.3, -0.25) is 14.5 Å². The zero-order valence-electron chi connectivity index (χ0n) is 16.1. The minimum Gasteiger partial charge on any atom is -0.324 e. The number of carbonyl (C=O) groups excluding carboxylic acids is 3. The van der Waals surface area contributed by atoms with E-state index in [9.17, 15) is 14.4 Å². The van der Waals surface area contributed by atoms with Crippen LogP contribution in [0.1, 0.15) is 11.1 Å². The Morgan fingerprint density at radius 3 is 2.00 bits per heavy atom. The Hall–Kier alpha value is -3.35. The van der Waals surface area contributed by atoms with Crippen molar-refractivity contribution in [3.05, 3.63) is 100 Å². The van der Waals surface area contributed by atoms with Crippen molar-refractivity contribution < 1.29 is 14.4 Å². The van der Waals surface area contributed by atoms with E-state index in [0.717, 1.165) is 4.90 Å². The Labute approximate surface area is 188 Å². The van der Waals surface area contributed by atoms with Crippen LogP contribution in [0.4, 0.5) is 10.5 Å². The highest BCUT2D eigenvalue weighted by atomic mass is 35.5. The number of rotatable bonds is 5. The Morgan fingerprint density at radius 1 is 0.871 bits per heavy atom. The van der Waals surface area contributed by atoms with E-state index in [2.05, 4.69) is 10.6 Å². The summed E-state index contributed by atoms with van der Waals surface area (Å²) in [6.07, 6.45) is 0. The first-order valence-electron chi connectivity index (χ1n) is 9.42. The molecule has 1 heterocycles. The molecule has 0 bridgehead atoms. The third kappa shape index (κ3) is 3.87. The van der Waals surface area contributed by atoms with Gasteiger partial charge in [0.05, 0.1) is 10.0 Å². The Balaban J connectivity index is 1.63. The molecule has 3 aromatic carbocycles. The number of nitrogens with one attached hydrogen (secondary N) is 2. The molecule has 0 spiro atoms. The third-order valence-corrected chi connectivity index (χ3v) is 5.76. The number of imide groups is 1. The largest absolute Gasteiger partial charge is 0.326 e. The second kappa shape index (κ2) is 8.41. The molecule has 3 aromatic rings. The van der Waals surface area contributed by atoms with E-state index >= 15 is 0 Å². The molecule has 4 rings (SSSR count). The number of hydrogen-bond donors (Lipinski definition) is 2. The predicted molar refractivity (Wildman–Crippen MR) is 119 cm³/mol. The summed E-state index contributed by atoms with van der Waals surface area (Å²) in [5.41, 5.74) is 0.200. The van der Waals surface area contributed by atoms with Crippen LogP contribution >= 0.6 is 23.2 Å².